The highest BCUT2D eigenvalue weighted by atomic mass is 32.1. The van der Waals surface area contributed by atoms with E-state index in [0.717, 1.165) is 35.3 Å². The Labute approximate surface area is 199 Å². The Hall–Kier alpha value is -2.67. The summed E-state index contributed by atoms with van der Waals surface area (Å²) < 4.78 is 5.33. The molecule has 33 heavy (non-hydrogen) atoms. The first-order chi connectivity index (χ1) is 15.7. The van der Waals surface area contributed by atoms with Gasteiger partial charge < -0.3 is 15.2 Å². The molecule has 1 aliphatic carbocycles. The monoisotopic (exact) mass is 471 g/mol. The molecule has 3 rings (SSSR count). The summed E-state index contributed by atoms with van der Waals surface area (Å²) in [5.74, 6) is -2.52. The van der Waals surface area contributed by atoms with Crippen LogP contribution in [-0.4, -0.2) is 29.6 Å². The van der Waals surface area contributed by atoms with Gasteiger partial charge in [0.2, 0.25) is 5.91 Å². The van der Waals surface area contributed by atoms with E-state index in [4.69, 9.17) is 4.74 Å². The molecular formula is C26H33NO5S. The molecule has 1 aromatic heterocycles. The summed E-state index contributed by atoms with van der Waals surface area (Å²) in [6.45, 7) is 8.23. The molecule has 0 spiro atoms. The molecule has 1 aromatic carbocycles. The number of amides is 1. The van der Waals surface area contributed by atoms with Crippen LogP contribution in [0.5, 0.6) is 0 Å². The molecule has 0 radical (unpaired) electrons. The topological polar surface area (TPSA) is 92.7 Å². The van der Waals surface area contributed by atoms with Crippen molar-refractivity contribution in [3.8, 4) is 11.1 Å². The van der Waals surface area contributed by atoms with Crippen molar-refractivity contribution in [1.29, 1.82) is 0 Å². The number of carboxylic acids is 1. The van der Waals surface area contributed by atoms with Crippen LogP contribution in [0.2, 0.25) is 0 Å². The predicted molar refractivity (Wildman–Crippen MR) is 131 cm³/mol. The van der Waals surface area contributed by atoms with Crippen molar-refractivity contribution in [3.05, 3.63) is 40.3 Å². The molecule has 6 nitrogen and oxygen atoms in total. The number of carbonyl (C=O) groups is 3. The number of esters is 1. The van der Waals surface area contributed by atoms with Gasteiger partial charge in [0.15, 0.2) is 0 Å². The fraction of sp³-hybridized carbons (Fsp3) is 0.500. The van der Waals surface area contributed by atoms with Crippen molar-refractivity contribution >= 4 is 34.2 Å². The van der Waals surface area contributed by atoms with Gasteiger partial charge in [0, 0.05) is 10.4 Å². The number of aliphatic carboxylic acids is 1. The molecule has 0 saturated heterocycles. The van der Waals surface area contributed by atoms with Gasteiger partial charge in [-0.05, 0) is 50.2 Å². The number of rotatable bonds is 8. The van der Waals surface area contributed by atoms with Crippen LogP contribution in [0.3, 0.4) is 0 Å². The second-order valence-corrected chi connectivity index (χ2v) is 10.3. The number of ether oxygens (including phenoxy) is 1. The number of hydrogen-bond donors (Lipinski definition) is 2. The lowest BCUT2D eigenvalue weighted by Crippen LogP contribution is -2.36. The lowest BCUT2D eigenvalue weighted by Gasteiger charge is -2.27. The maximum atomic E-state index is 13.1. The molecule has 2 N–H and O–H groups in total. The maximum Gasteiger partial charge on any atom is 0.341 e. The summed E-state index contributed by atoms with van der Waals surface area (Å²) in [7, 11) is 0. The highest BCUT2D eigenvalue weighted by molar-refractivity contribution is 7.17. The summed E-state index contributed by atoms with van der Waals surface area (Å²) in [6.07, 6.45) is 3.64. The summed E-state index contributed by atoms with van der Waals surface area (Å²) >= 11 is 1.33. The van der Waals surface area contributed by atoms with Gasteiger partial charge in [-0.25, -0.2) is 4.79 Å². The highest BCUT2D eigenvalue weighted by Crippen LogP contribution is 2.41. The molecule has 1 fully saturated rings. The Balaban J connectivity index is 1.96. The van der Waals surface area contributed by atoms with Crippen molar-refractivity contribution in [2.24, 2.45) is 17.8 Å². The first-order valence-corrected chi connectivity index (χ1v) is 12.5. The van der Waals surface area contributed by atoms with E-state index in [1.165, 1.54) is 16.9 Å². The molecular weight excluding hydrogens is 438 g/mol. The standard InChI is InChI=1S/C26H33NO5S/c1-5-32-26(31)22-21(18-12-10-17(11-13-18)14-15(2)3)16(4)33-24(22)27-23(28)19-8-6-7-9-20(19)25(29)30/h10-13,15,19-20H,5-9,14H2,1-4H3,(H,27,28)(H,29,30)/t19-,20-/m1/s1. The molecule has 0 bridgehead atoms. The Morgan fingerprint density at radius 3 is 2.33 bits per heavy atom. The average molecular weight is 472 g/mol. The van der Waals surface area contributed by atoms with Crippen LogP contribution in [0.4, 0.5) is 5.00 Å². The third-order valence-electron chi connectivity index (χ3n) is 6.11. The third-order valence-corrected chi connectivity index (χ3v) is 7.13. The van der Waals surface area contributed by atoms with Crippen molar-refractivity contribution in [1.82, 2.24) is 0 Å². The number of benzene rings is 1. The van der Waals surface area contributed by atoms with Crippen LogP contribution in [0, 0.1) is 24.7 Å². The van der Waals surface area contributed by atoms with Gasteiger partial charge in [-0.2, -0.15) is 0 Å². The van der Waals surface area contributed by atoms with E-state index in [9.17, 15) is 19.5 Å². The lowest BCUT2D eigenvalue weighted by atomic mass is 9.78. The van der Waals surface area contributed by atoms with Gasteiger partial charge >= 0.3 is 11.9 Å². The SMILES string of the molecule is CCOC(=O)c1c(NC(=O)[C@@H]2CCCC[C@H]2C(=O)O)sc(C)c1-c1ccc(CC(C)C)cc1. The van der Waals surface area contributed by atoms with Crippen LogP contribution in [-0.2, 0) is 20.7 Å². The van der Waals surface area contributed by atoms with Gasteiger partial charge in [-0.3, -0.25) is 9.59 Å². The number of hydrogen-bond acceptors (Lipinski definition) is 5. The van der Waals surface area contributed by atoms with Crippen LogP contribution in [0.25, 0.3) is 11.1 Å². The van der Waals surface area contributed by atoms with E-state index >= 15 is 0 Å². The van der Waals surface area contributed by atoms with Gasteiger partial charge in [-0.1, -0.05) is 51.0 Å². The maximum absolute atomic E-state index is 13.1. The number of anilines is 1. The van der Waals surface area contributed by atoms with Gasteiger partial charge in [-0.15, -0.1) is 11.3 Å². The zero-order valence-electron chi connectivity index (χ0n) is 19.8. The number of carboxylic acid groups (broad SMARTS) is 1. The second kappa shape index (κ2) is 11.0. The molecule has 2 atom stereocenters. The second-order valence-electron chi connectivity index (χ2n) is 9.08. The van der Waals surface area contributed by atoms with Crippen molar-refractivity contribution < 1.29 is 24.2 Å². The summed E-state index contributed by atoms with van der Waals surface area (Å²) in [6, 6.07) is 8.14. The van der Waals surface area contributed by atoms with E-state index in [-0.39, 0.29) is 12.5 Å². The molecule has 1 aliphatic rings. The van der Waals surface area contributed by atoms with Gasteiger partial charge in [0.25, 0.3) is 0 Å². The minimum atomic E-state index is -0.940. The van der Waals surface area contributed by atoms with E-state index in [1.54, 1.807) is 6.92 Å². The molecule has 1 heterocycles. The predicted octanol–water partition coefficient (Wildman–Crippen LogP) is 5.93. The molecule has 7 heteroatoms. The molecule has 178 valence electrons. The summed E-state index contributed by atoms with van der Waals surface area (Å²) in [4.78, 5) is 38.6. The smallest absolute Gasteiger partial charge is 0.341 e. The summed E-state index contributed by atoms with van der Waals surface area (Å²) in [5, 5.41) is 12.9. The average Bonchev–Trinajstić information content (AvgIpc) is 3.09. The van der Waals surface area contributed by atoms with Crippen LogP contribution < -0.4 is 5.32 Å². The third kappa shape index (κ3) is 5.82. The van der Waals surface area contributed by atoms with E-state index in [0.29, 0.717) is 29.3 Å². The Bertz CT molecular complexity index is 1010. The summed E-state index contributed by atoms with van der Waals surface area (Å²) in [5.41, 5.74) is 3.21. The van der Waals surface area contributed by atoms with Crippen LogP contribution >= 0.6 is 11.3 Å². The first-order valence-electron chi connectivity index (χ1n) is 11.7. The van der Waals surface area contributed by atoms with E-state index in [1.807, 2.05) is 19.1 Å². The molecule has 0 aliphatic heterocycles. The Morgan fingerprint density at radius 1 is 1.12 bits per heavy atom. The van der Waals surface area contributed by atoms with Crippen molar-refractivity contribution in [2.75, 3.05) is 11.9 Å². The van der Waals surface area contributed by atoms with E-state index in [2.05, 4.69) is 31.3 Å². The van der Waals surface area contributed by atoms with E-state index < -0.39 is 23.8 Å². The number of carbonyl (C=O) groups excluding carboxylic acids is 2. The zero-order valence-corrected chi connectivity index (χ0v) is 20.6. The largest absolute Gasteiger partial charge is 0.481 e. The first kappa shape index (κ1) is 25.0. The highest BCUT2D eigenvalue weighted by Gasteiger charge is 2.37. The molecule has 0 unspecified atom stereocenters. The van der Waals surface area contributed by atoms with Gasteiger partial charge in [0.1, 0.15) is 10.6 Å². The van der Waals surface area contributed by atoms with Crippen LogP contribution in [0.1, 0.15) is 67.3 Å². The number of nitrogens with one attached hydrogen (secondary N) is 1. The van der Waals surface area contributed by atoms with Crippen molar-refractivity contribution in [3.63, 3.8) is 0 Å². The fourth-order valence-corrected chi connectivity index (χ4v) is 5.67. The van der Waals surface area contributed by atoms with Crippen LogP contribution in [0.15, 0.2) is 24.3 Å². The minimum absolute atomic E-state index is 0.220. The van der Waals surface area contributed by atoms with Crippen molar-refractivity contribution in [2.45, 2.75) is 59.8 Å². The molecule has 1 amide bonds. The normalized spacial score (nSPS) is 18.2. The quantitative estimate of drug-likeness (QED) is 0.466. The van der Waals surface area contributed by atoms with Gasteiger partial charge in [0.05, 0.1) is 18.4 Å². The number of thiophene rings is 1. The lowest BCUT2D eigenvalue weighted by molar-refractivity contribution is -0.147. The Kier molecular flexibility index (Phi) is 8.30. The zero-order chi connectivity index (χ0) is 24.1. The number of aryl methyl sites for hydroxylation is 1. The minimum Gasteiger partial charge on any atom is -0.481 e. The fourth-order valence-electron chi connectivity index (χ4n) is 4.60. The Morgan fingerprint density at radius 2 is 1.76 bits per heavy atom. The molecule has 2 aromatic rings. The molecule has 1 saturated carbocycles.